The molecule has 2 unspecified atom stereocenters. The summed E-state index contributed by atoms with van der Waals surface area (Å²) in [5.41, 5.74) is 2.38. The third kappa shape index (κ3) is 4.03. The van der Waals surface area contributed by atoms with Gasteiger partial charge in [-0.15, -0.1) is 0 Å². The van der Waals surface area contributed by atoms with Crippen LogP contribution in [0.5, 0.6) is 5.75 Å². The van der Waals surface area contributed by atoms with Gasteiger partial charge in [-0.2, -0.15) is 0 Å². The Hall–Kier alpha value is -2.44. The minimum absolute atomic E-state index is 0.164. The predicted octanol–water partition coefficient (Wildman–Crippen LogP) is 5.13. The van der Waals surface area contributed by atoms with E-state index in [0.29, 0.717) is 22.3 Å². The summed E-state index contributed by atoms with van der Waals surface area (Å²) in [6.07, 6.45) is 3.43. The van der Waals surface area contributed by atoms with Crippen LogP contribution in [0.25, 0.3) is 0 Å². The van der Waals surface area contributed by atoms with E-state index in [9.17, 15) is 9.90 Å². The average molecular weight is 416 g/mol. The molecule has 2 aromatic carbocycles. The zero-order chi connectivity index (χ0) is 19.5. The molecule has 4 rings (SSSR count). The van der Waals surface area contributed by atoms with Gasteiger partial charge in [-0.05, 0) is 42.2 Å². The fourth-order valence-electron chi connectivity index (χ4n) is 3.52. The van der Waals surface area contributed by atoms with E-state index < -0.39 is 11.4 Å². The number of benzene rings is 2. The molecule has 1 N–H and O–H groups in total. The van der Waals surface area contributed by atoms with Crippen LogP contribution in [-0.2, 0) is 17.0 Å². The summed E-state index contributed by atoms with van der Waals surface area (Å²) in [5.74, 6) is 0.733. The van der Waals surface area contributed by atoms with Crippen molar-refractivity contribution in [1.82, 2.24) is 5.16 Å². The van der Waals surface area contributed by atoms with Crippen LogP contribution in [0.4, 0.5) is 0 Å². The van der Waals surface area contributed by atoms with E-state index in [1.54, 1.807) is 6.07 Å². The summed E-state index contributed by atoms with van der Waals surface area (Å²) in [7, 11) is 0. The van der Waals surface area contributed by atoms with Gasteiger partial charge in [0.2, 0.25) is 5.44 Å². The average Bonchev–Trinajstić information content (AvgIpc) is 3.35. The molecule has 0 spiro atoms. The second-order valence-corrected chi connectivity index (χ2v) is 8.04. The fourth-order valence-corrected chi connectivity index (χ4v) is 4.43. The van der Waals surface area contributed by atoms with Gasteiger partial charge < -0.3 is 14.4 Å². The number of thioether (sulfide) groups is 1. The number of fused-ring (bicyclic) bond motifs is 1. The molecule has 144 valence electrons. The molecule has 1 heterocycles. The second kappa shape index (κ2) is 8.29. The Morgan fingerprint density at radius 1 is 1.29 bits per heavy atom. The van der Waals surface area contributed by atoms with Gasteiger partial charge in [-0.3, -0.25) is 0 Å². The van der Waals surface area contributed by atoms with Crippen molar-refractivity contribution in [1.29, 1.82) is 0 Å². The molecule has 3 aromatic rings. The molecule has 0 saturated heterocycles. The highest BCUT2D eigenvalue weighted by molar-refractivity contribution is 7.99. The molecule has 1 aliphatic rings. The first-order chi connectivity index (χ1) is 13.6. The molecular weight excluding hydrogens is 398 g/mol. The van der Waals surface area contributed by atoms with Gasteiger partial charge in [0.25, 0.3) is 0 Å². The summed E-state index contributed by atoms with van der Waals surface area (Å²) >= 11 is 7.18. The number of hydrogen-bond acceptors (Lipinski definition) is 5. The summed E-state index contributed by atoms with van der Waals surface area (Å²) in [6.45, 7) is 0. The normalized spacial score (nSPS) is 16.5. The molecule has 0 bridgehead atoms. The maximum absolute atomic E-state index is 11.7. The molecule has 2 atom stereocenters. The van der Waals surface area contributed by atoms with Crippen molar-refractivity contribution in [2.75, 3.05) is 0 Å². The highest BCUT2D eigenvalue weighted by atomic mass is 35.5. The summed E-state index contributed by atoms with van der Waals surface area (Å²) < 4.78 is 11.0. The molecule has 0 fully saturated rings. The quantitative estimate of drug-likeness (QED) is 0.539. The third-order valence-corrected chi connectivity index (χ3v) is 6.09. The monoisotopic (exact) mass is 415 g/mol. The zero-order valence-corrected chi connectivity index (χ0v) is 16.4. The van der Waals surface area contributed by atoms with Gasteiger partial charge >= 0.3 is 5.97 Å². The first-order valence-corrected chi connectivity index (χ1v) is 10.3. The van der Waals surface area contributed by atoms with Crippen molar-refractivity contribution in [2.45, 2.75) is 29.9 Å². The Balaban J connectivity index is 1.58. The van der Waals surface area contributed by atoms with Crippen LogP contribution in [0.3, 0.4) is 0 Å². The predicted molar refractivity (Wildman–Crippen MR) is 108 cm³/mol. The number of rotatable bonds is 7. The van der Waals surface area contributed by atoms with Crippen LogP contribution in [0.15, 0.2) is 59.3 Å². The molecule has 1 aliphatic carbocycles. The van der Waals surface area contributed by atoms with Gasteiger partial charge in [-0.1, -0.05) is 52.8 Å². The molecule has 5 nitrogen and oxygen atoms in total. The number of nitrogens with zero attached hydrogens (tertiary/aromatic N) is 1. The van der Waals surface area contributed by atoms with Crippen LogP contribution >= 0.6 is 23.4 Å². The zero-order valence-electron chi connectivity index (χ0n) is 14.9. The maximum atomic E-state index is 11.7. The van der Waals surface area contributed by atoms with Crippen LogP contribution < -0.4 is 4.74 Å². The van der Waals surface area contributed by atoms with Gasteiger partial charge in [-0.25, -0.2) is 4.79 Å². The van der Waals surface area contributed by atoms with Crippen molar-refractivity contribution >= 4 is 29.3 Å². The SMILES string of the molecule is O=C(O)C(Oc1cccc2c1C(c1ccc(Cl)cc1)CC2)SCc1ccno1. The van der Waals surface area contributed by atoms with Gasteiger partial charge in [0.05, 0.1) is 11.9 Å². The summed E-state index contributed by atoms with van der Waals surface area (Å²) in [4.78, 5) is 11.7. The molecular formula is C21H18ClNO4S. The molecule has 1 aromatic heterocycles. The molecule has 0 amide bonds. The highest BCUT2D eigenvalue weighted by Gasteiger charge is 2.30. The maximum Gasteiger partial charge on any atom is 0.355 e. The number of aryl methyl sites for hydroxylation is 1. The second-order valence-electron chi connectivity index (χ2n) is 6.55. The number of ether oxygens (including phenoxy) is 1. The molecule has 7 heteroatoms. The van der Waals surface area contributed by atoms with Gasteiger partial charge in [0.15, 0.2) is 0 Å². The standard InChI is InChI=1S/C21H18ClNO4S/c22-15-7-4-13(5-8-15)17-9-6-14-2-1-3-18(19(14)17)26-21(20(24)25)28-12-16-10-11-23-27-16/h1-5,7-8,10-11,17,21H,6,9,12H2,(H,24,25). The smallest absolute Gasteiger partial charge is 0.355 e. The lowest BCUT2D eigenvalue weighted by Gasteiger charge is -2.20. The lowest BCUT2D eigenvalue weighted by atomic mass is 9.92. The van der Waals surface area contributed by atoms with E-state index in [4.69, 9.17) is 20.9 Å². The van der Waals surface area contributed by atoms with Gasteiger partial charge in [0.1, 0.15) is 11.5 Å². The lowest BCUT2D eigenvalue weighted by Crippen LogP contribution is -2.24. The summed E-state index contributed by atoms with van der Waals surface area (Å²) in [6, 6.07) is 15.4. The van der Waals surface area contributed by atoms with Crippen molar-refractivity contribution in [3.8, 4) is 5.75 Å². The molecule has 0 radical (unpaired) electrons. The Morgan fingerprint density at radius 2 is 2.11 bits per heavy atom. The van der Waals surface area contributed by atoms with E-state index in [0.717, 1.165) is 35.7 Å². The van der Waals surface area contributed by atoms with Crippen LogP contribution in [-0.4, -0.2) is 21.7 Å². The largest absolute Gasteiger partial charge is 0.478 e. The fraction of sp³-hybridized carbons (Fsp3) is 0.238. The van der Waals surface area contributed by atoms with Crippen molar-refractivity contribution in [2.24, 2.45) is 0 Å². The number of aromatic nitrogens is 1. The number of aliphatic carboxylic acids is 1. The third-order valence-electron chi connectivity index (χ3n) is 4.78. The van der Waals surface area contributed by atoms with Crippen molar-refractivity contribution < 1.29 is 19.2 Å². The number of carbonyl (C=O) groups is 1. The number of carboxylic acids is 1. The lowest BCUT2D eigenvalue weighted by molar-refractivity contribution is -0.140. The number of halogens is 1. The van der Waals surface area contributed by atoms with Crippen LogP contribution in [0, 0.1) is 0 Å². The summed E-state index contributed by atoms with van der Waals surface area (Å²) in [5, 5.41) is 14.0. The molecule has 0 saturated carbocycles. The van der Waals surface area contributed by atoms with E-state index in [-0.39, 0.29) is 5.92 Å². The van der Waals surface area contributed by atoms with Crippen LogP contribution in [0.1, 0.15) is 34.8 Å². The Labute approximate surface area is 171 Å². The van der Waals surface area contributed by atoms with Crippen LogP contribution in [0.2, 0.25) is 5.02 Å². The number of carboxylic acid groups (broad SMARTS) is 1. The minimum Gasteiger partial charge on any atom is -0.478 e. The first-order valence-electron chi connectivity index (χ1n) is 8.89. The number of hydrogen-bond donors (Lipinski definition) is 1. The molecule has 0 aliphatic heterocycles. The van der Waals surface area contributed by atoms with Crippen molar-refractivity contribution in [3.63, 3.8) is 0 Å². The van der Waals surface area contributed by atoms with E-state index in [1.165, 1.54) is 11.8 Å². The highest BCUT2D eigenvalue weighted by Crippen LogP contribution is 2.44. The van der Waals surface area contributed by atoms with E-state index in [2.05, 4.69) is 11.2 Å². The van der Waals surface area contributed by atoms with Crippen molar-refractivity contribution in [3.05, 3.63) is 82.2 Å². The Kier molecular flexibility index (Phi) is 5.59. The minimum atomic E-state index is -1.04. The first kappa shape index (κ1) is 18.9. The molecule has 28 heavy (non-hydrogen) atoms. The topological polar surface area (TPSA) is 72.6 Å². The van der Waals surface area contributed by atoms with E-state index >= 15 is 0 Å². The Bertz CT molecular complexity index is 959. The van der Waals surface area contributed by atoms with E-state index in [1.807, 2.05) is 36.4 Å². The van der Waals surface area contributed by atoms with Gasteiger partial charge in [0, 0.05) is 22.6 Å². The Morgan fingerprint density at radius 3 is 2.82 bits per heavy atom.